The van der Waals surface area contributed by atoms with Crippen LogP contribution in [0.3, 0.4) is 0 Å². The minimum Gasteiger partial charge on any atom is -0.495 e. The Morgan fingerprint density at radius 3 is 2.68 bits per heavy atom. The molecule has 2 unspecified atom stereocenters. The number of rotatable bonds is 6. The van der Waals surface area contributed by atoms with Crippen LogP contribution in [0, 0.1) is 6.92 Å². The number of methoxy groups -OCH3 is 1. The molecule has 2 amide bonds. The first-order chi connectivity index (χ1) is 17.9. The largest absolute Gasteiger partial charge is 0.495 e. The Hall–Kier alpha value is -3.62. The van der Waals surface area contributed by atoms with Crippen LogP contribution in [0.5, 0.6) is 5.75 Å². The molecule has 0 radical (unpaired) electrons. The average Bonchev–Trinajstić information content (AvgIpc) is 3.49. The molecule has 5 rings (SSSR count). The zero-order chi connectivity index (χ0) is 25.9. The summed E-state index contributed by atoms with van der Waals surface area (Å²) in [7, 11) is 1.54. The summed E-state index contributed by atoms with van der Waals surface area (Å²) in [6.07, 6.45) is 0.642. The second-order valence-corrected chi connectivity index (χ2v) is 10.4. The number of para-hydroxylation sites is 2. The van der Waals surface area contributed by atoms with E-state index in [2.05, 4.69) is 22.4 Å². The van der Waals surface area contributed by atoms with E-state index < -0.39 is 5.25 Å². The number of ether oxygens (including phenoxy) is 1. The number of amides is 2. The van der Waals surface area contributed by atoms with Crippen molar-refractivity contribution in [1.82, 2.24) is 5.01 Å². The van der Waals surface area contributed by atoms with Crippen molar-refractivity contribution in [3.8, 4) is 5.75 Å². The number of anilines is 1. The summed E-state index contributed by atoms with van der Waals surface area (Å²) in [6, 6.07) is 22.8. The van der Waals surface area contributed by atoms with E-state index in [1.807, 2.05) is 60.5 Å². The SMILES string of the molecule is COc1ccccc1NC(=O)CC1SC(N2N=C(c3ccc(Cl)cc3)CC2c2cccc(C)c2)=NC1=O. The molecule has 0 saturated carbocycles. The summed E-state index contributed by atoms with van der Waals surface area (Å²) in [5, 5.41) is 10.1. The molecule has 0 aliphatic carbocycles. The summed E-state index contributed by atoms with van der Waals surface area (Å²) in [4.78, 5) is 29.9. The van der Waals surface area contributed by atoms with Gasteiger partial charge in [-0.05, 0) is 42.3 Å². The number of hydrogen-bond donors (Lipinski definition) is 1. The van der Waals surface area contributed by atoms with E-state index in [0.717, 1.165) is 22.4 Å². The molecule has 0 spiro atoms. The fraction of sp³-hybridized carbons (Fsp3) is 0.214. The van der Waals surface area contributed by atoms with Gasteiger partial charge in [-0.15, -0.1) is 0 Å². The molecule has 0 fully saturated rings. The third-order valence-corrected chi connectivity index (χ3v) is 7.59. The van der Waals surface area contributed by atoms with Crippen LogP contribution in [-0.2, 0) is 9.59 Å². The topological polar surface area (TPSA) is 83.4 Å². The van der Waals surface area contributed by atoms with E-state index in [-0.39, 0.29) is 24.3 Å². The number of nitrogens with zero attached hydrogens (tertiary/aromatic N) is 3. The molecule has 2 aliphatic heterocycles. The van der Waals surface area contributed by atoms with Crippen molar-refractivity contribution < 1.29 is 14.3 Å². The van der Waals surface area contributed by atoms with Crippen LogP contribution < -0.4 is 10.1 Å². The van der Waals surface area contributed by atoms with Gasteiger partial charge >= 0.3 is 0 Å². The van der Waals surface area contributed by atoms with E-state index in [0.29, 0.717) is 28.0 Å². The van der Waals surface area contributed by atoms with Gasteiger partial charge in [-0.1, -0.05) is 77.5 Å². The maximum atomic E-state index is 12.8. The normalized spacial score (nSPS) is 19.0. The van der Waals surface area contributed by atoms with Gasteiger partial charge in [0.25, 0.3) is 5.91 Å². The molecule has 37 heavy (non-hydrogen) atoms. The second-order valence-electron chi connectivity index (χ2n) is 8.82. The average molecular weight is 533 g/mol. The number of aryl methyl sites for hydroxylation is 1. The summed E-state index contributed by atoms with van der Waals surface area (Å²) in [5.74, 6) is -0.0672. The zero-order valence-corrected chi connectivity index (χ0v) is 21.9. The lowest BCUT2D eigenvalue weighted by Crippen LogP contribution is -2.25. The van der Waals surface area contributed by atoms with Crippen LogP contribution in [-0.4, -0.2) is 40.1 Å². The van der Waals surface area contributed by atoms with Crippen molar-refractivity contribution in [1.29, 1.82) is 0 Å². The van der Waals surface area contributed by atoms with Gasteiger partial charge in [-0.25, -0.2) is 5.01 Å². The third-order valence-electron chi connectivity index (χ3n) is 6.19. The number of hydrazone groups is 1. The Morgan fingerprint density at radius 1 is 1.14 bits per heavy atom. The summed E-state index contributed by atoms with van der Waals surface area (Å²) < 4.78 is 5.30. The minimum absolute atomic E-state index is 0.00867. The quantitative estimate of drug-likeness (QED) is 0.431. The third kappa shape index (κ3) is 5.55. The predicted octanol–water partition coefficient (Wildman–Crippen LogP) is 5.83. The molecule has 0 bridgehead atoms. The highest BCUT2D eigenvalue weighted by molar-refractivity contribution is 8.15. The number of hydrogen-bond acceptors (Lipinski definition) is 6. The van der Waals surface area contributed by atoms with Crippen LogP contribution >= 0.6 is 23.4 Å². The van der Waals surface area contributed by atoms with Crippen molar-refractivity contribution in [3.05, 3.63) is 94.5 Å². The maximum absolute atomic E-state index is 12.8. The maximum Gasteiger partial charge on any atom is 0.262 e. The molecule has 0 aromatic heterocycles. The number of benzene rings is 3. The molecular formula is C28H25ClN4O3S. The highest BCUT2D eigenvalue weighted by Crippen LogP contribution is 2.39. The van der Waals surface area contributed by atoms with E-state index >= 15 is 0 Å². The van der Waals surface area contributed by atoms with Crippen LogP contribution in [0.2, 0.25) is 5.02 Å². The molecule has 2 heterocycles. The van der Waals surface area contributed by atoms with Crippen molar-refractivity contribution in [2.45, 2.75) is 31.1 Å². The molecule has 1 N–H and O–H groups in total. The van der Waals surface area contributed by atoms with Gasteiger partial charge in [0.2, 0.25) is 5.91 Å². The lowest BCUT2D eigenvalue weighted by atomic mass is 9.97. The number of carbonyl (C=O) groups is 2. The van der Waals surface area contributed by atoms with Crippen LogP contribution in [0.15, 0.2) is 82.9 Å². The number of amidine groups is 1. The molecular weight excluding hydrogens is 508 g/mol. The number of aliphatic imine (C=N–C) groups is 1. The molecule has 188 valence electrons. The number of nitrogens with one attached hydrogen (secondary N) is 1. The van der Waals surface area contributed by atoms with Crippen molar-refractivity contribution in [3.63, 3.8) is 0 Å². The van der Waals surface area contributed by atoms with Crippen molar-refractivity contribution in [2.24, 2.45) is 10.1 Å². The Morgan fingerprint density at radius 2 is 1.92 bits per heavy atom. The summed E-state index contributed by atoms with van der Waals surface area (Å²) in [6.45, 7) is 2.05. The first-order valence-electron chi connectivity index (χ1n) is 11.8. The highest BCUT2D eigenvalue weighted by atomic mass is 35.5. The molecule has 3 aromatic carbocycles. The van der Waals surface area contributed by atoms with Crippen LogP contribution in [0.4, 0.5) is 5.69 Å². The van der Waals surface area contributed by atoms with Crippen LogP contribution in [0.25, 0.3) is 0 Å². The van der Waals surface area contributed by atoms with E-state index in [1.165, 1.54) is 11.8 Å². The summed E-state index contributed by atoms with van der Waals surface area (Å²) >= 11 is 7.36. The summed E-state index contributed by atoms with van der Waals surface area (Å²) in [5.41, 5.74) is 4.63. The molecule has 0 saturated heterocycles. The van der Waals surface area contributed by atoms with Gasteiger partial charge in [-0.3, -0.25) is 9.59 Å². The molecule has 3 aromatic rings. The van der Waals surface area contributed by atoms with Gasteiger partial charge in [0, 0.05) is 17.9 Å². The van der Waals surface area contributed by atoms with Crippen molar-refractivity contribution in [2.75, 3.05) is 12.4 Å². The van der Waals surface area contributed by atoms with Crippen LogP contribution in [0.1, 0.15) is 35.6 Å². The number of halogens is 1. The standard InChI is InChI=1S/C28H25ClN4O3S/c1-17-6-5-7-19(14-17)23-15-22(18-10-12-20(29)13-11-18)32-33(23)28-31-27(35)25(37-28)16-26(34)30-21-8-3-4-9-24(21)36-2/h3-14,23,25H,15-16H2,1-2H3,(H,30,34). The zero-order valence-electron chi connectivity index (χ0n) is 20.3. The van der Waals surface area contributed by atoms with Gasteiger partial charge in [0.15, 0.2) is 5.17 Å². The molecule has 2 aliphatic rings. The van der Waals surface area contributed by atoms with Gasteiger partial charge in [-0.2, -0.15) is 10.1 Å². The van der Waals surface area contributed by atoms with E-state index in [1.54, 1.807) is 19.2 Å². The fourth-order valence-corrected chi connectivity index (χ4v) is 5.55. The lowest BCUT2D eigenvalue weighted by molar-refractivity contribution is -0.121. The first kappa shape index (κ1) is 25.0. The number of carbonyl (C=O) groups excluding carboxylic acids is 2. The van der Waals surface area contributed by atoms with Gasteiger partial charge in [0.05, 0.1) is 24.6 Å². The Balaban J connectivity index is 1.35. The Labute approximate surface area is 224 Å². The number of thioether (sulfide) groups is 1. The highest BCUT2D eigenvalue weighted by Gasteiger charge is 2.39. The smallest absolute Gasteiger partial charge is 0.262 e. The Kier molecular flexibility index (Phi) is 7.30. The predicted molar refractivity (Wildman–Crippen MR) is 148 cm³/mol. The monoisotopic (exact) mass is 532 g/mol. The minimum atomic E-state index is -0.627. The first-order valence-corrected chi connectivity index (χ1v) is 13.1. The fourth-order valence-electron chi connectivity index (χ4n) is 4.36. The second kappa shape index (κ2) is 10.8. The van der Waals surface area contributed by atoms with Gasteiger partial charge < -0.3 is 10.1 Å². The van der Waals surface area contributed by atoms with E-state index in [4.69, 9.17) is 21.4 Å². The van der Waals surface area contributed by atoms with Gasteiger partial charge in [0.1, 0.15) is 11.0 Å². The van der Waals surface area contributed by atoms with Crippen molar-refractivity contribution >= 4 is 51.7 Å². The molecule has 7 nitrogen and oxygen atoms in total. The Bertz CT molecular complexity index is 1410. The molecule has 9 heteroatoms. The lowest BCUT2D eigenvalue weighted by Gasteiger charge is -2.23. The van der Waals surface area contributed by atoms with E-state index in [9.17, 15) is 9.59 Å². The molecule has 2 atom stereocenters.